The van der Waals surface area contributed by atoms with Crippen LogP contribution in [0.15, 0.2) is 59.6 Å². The predicted octanol–water partition coefficient (Wildman–Crippen LogP) is 2.30. The fourth-order valence-corrected chi connectivity index (χ4v) is 2.27. The molecule has 0 saturated heterocycles. The molecule has 1 amide bonds. The summed E-state index contributed by atoms with van der Waals surface area (Å²) in [7, 11) is 1.74. The molecule has 5 nitrogen and oxygen atoms in total. The van der Waals surface area contributed by atoms with E-state index in [0.29, 0.717) is 25.2 Å². The van der Waals surface area contributed by atoms with Crippen molar-refractivity contribution in [3.05, 3.63) is 71.3 Å². The number of rotatable bonds is 6. The Kier molecular flexibility index (Phi) is 6.83. The van der Waals surface area contributed by atoms with Gasteiger partial charge in [-0.05, 0) is 30.2 Å². The highest BCUT2D eigenvalue weighted by molar-refractivity contribution is 5.94. The van der Waals surface area contributed by atoms with Crippen LogP contribution in [-0.2, 0) is 13.1 Å². The highest BCUT2D eigenvalue weighted by Crippen LogP contribution is 2.05. The van der Waals surface area contributed by atoms with E-state index in [-0.39, 0.29) is 5.91 Å². The molecule has 2 rings (SSSR count). The molecule has 0 radical (unpaired) electrons. The van der Waals surface area contributed by atoms with Crippen molar-refractivity contribution < 1.29 is 4.79 Å². The normalized spacial score (nSPS) is 11.0. The van der Waals surface area contributed by atoms with E-state index in [1.54, 1.807) is 7.05 Å². The minimum absolute atomic E-state index is 0.0501. The van der Waals surface area contributed by atoms with Gasteiger partial charge in [0.2, 0.25) is 0 Å². The number of carbonyl (C=O) groups excluding carboxylic acids is 1. The van der Waals surface area contributed by atoms with Crippen molar-refractivity contribution in [1.82, 2.24) is 16.0 Å². The smallest absolute Gasteiger partial charge is 0.251 e. The van der Waals surface area contributed by atoms with Gasteiger partial charge in [-0.15, -0.1) is 0 Å². The third-order valence-corrected chi connectivity index (χ3v) is 3.51. The first-order valence-electron chi connectivity index (χ1n) is 8.08. The van der Waals surface area contributed by atoms with E-state index in [0.717, 1.165) is 11.5 Å². The van der Waals surface area contributed by atoms with Gasteiger partial charge in [-0.2, -0.15) is 0 Å². The zero-order valence-electron chi connectivity index (χ0n) is 14.2. The van der Waals surface area contributed by atoms with Crippen molar-refractivity contribution in [3.8, 4) is 0 Å². The summed E-state index contributed by atoms with van der Waals surface area (Å²) in [5, 5.41) is 9.34. The summed E-state index contributed by atoms with van der Waals surface area (Å²) in [6, 6.07) is 17.7. The number of hydrogen-bond donors (Lipinski definition) is 3. The van der Waals surface area contributed by atoms with Crippen molar-refractivity contribution in [2.24, 2.45) is 4.99 Å². The predicted molar refractivity (Wildman–Crippen MR) is 97.9 cm³/mol. The van der Waals surface area contributed by atoms with Gasteiger partial charge in [-0.1, -0.05) is 42.5 Å². The number of aliphatic imine (C=N–C) groups is 1. The van der Waals surface area contributed by atoms with Gasteiger partial charge in [0.25, 0.3) is 5.91 Å². The minimum Gasteiger partial charge on any atom is -0.352 e. The van der Waals surface area contributed by atoms with Crippen LogP contribution in [0.1, 0.15) is 28.4 Å². The van der Waals surface area contributed by atoms with Crippen LogP contribution < -0.4 is 16.0 Å². The average molecular weight is 324 g/mol. The van der Waals surface area contributed by atoms with E-state index in [1.807, 2.05) is 49.4 Å². The Labute approximate surface area is 143 Å². The lowest BCUT2D eigenvalue weighted by Gasteiger charge is -2.12. The lowest BCUT2D eigenvalue weighted by atomic mass is 10.1. The van der Waals surface area contributed by atoms with Gasteiger partial charge >= 0.3 is 0 Å². The molecule has 0 spiro atoms. The fraction of sp³-hybridized carbons (Fsp3) is 0.263. The zero-order chi connectivity index (χ0) is 17.2. The molecule has 0 fully saturated rings. The second-order valence-corrected chi connectivity index (χ2v) is 5.32. The van der Waals surface area contributed by atoms with Crippen LogP contribution in [0.4, 0.5) is 0 Å². The van der Waals surface area contributed by atoms with Gasteiger partial charge in [0.15, 0.2) is 5.96 Å². The molecule has 0 aromatic heterocycles. The van der Waals surface area contributed by atoms with E-state index < -0.39 is 0 Å². The summed E-state index contributed by atoms with van der Waals surface area (Å²) >= 11 is 0. The largest absolute Gasteiger partial charge is 0.352 e. The molecule has 0 saturated carbocycles. The number of benzene rings is 2. The van der Waals surface area contributed by atoms with Crippen LogP contribution in [0.2, 0.25) is 0 Å². The lowest BCUT2D eigenvalue weighted by Crippen LogP contribution is -2.36. The fourth-order valence-electron chi connectivity index (χ4n) is 2.27. The van der Waals surface area contributed by atoms with Gasteiger partial charge in [-0.3, -0.25) is 9.79 Å². The first kappa shape index (κ1) is 17.5. The summed E-state index contributed by atoms with van der Waals surface area (Å²) < 4.78 is 0. The van der Waals surface area contributed by atoms with Gasteiger partial charge in [0, 0.05) is 32.2 Å². The Hall–Kier alpha value is -2.82. The van der Waals surface area contributed by atoms with Crippen molar-refractivity contribution in [2.45, 2.75) is 20.0 Å². The van der Waals surface area contributed by atoms with Gasteiger partial charge < -0.3 is 16.0 Å². The standard InChI is InChI=1S/C19H24N4O/c1-3-21-18(24)17-11-7-10-16(12-17)14-23-19(20-2)22-13-15-8-5-4-6-9-15/h4-12H,3,13-14H2,1-2H3,(H,21,24)(H2,20,22,23). The number of hydrogen-bond acceptors (Lipinski definition) is 2. The number of nitrogens with one attached hydrogen (secondary N) is 3. The quantitative estimate of drug-likeness (QED) is 0.564. The number of nitrogens with zero attached hydrogens (tertiary/aromatic N) is 1. The molecule has 0 aliphatic carbocycles. The van der Waals surface area contributed by atoms with Crippen LogP contribution in [0.5, 0.6) is 0 Å². The molecular formula is C19H24N4O. The minimum atomic E-state index is -0.0501. The Morgan fingerprint density at radius 2 is 1.58 bits per heavy atom. The molecule has 0 aliphatic rings. The van der Waals surface area contributed by atoms with Crippen LogP contribution in [0, 0.1) is 0 Å². The van der Waals surface area contributed by atoms with E-state index >= 15 is 0 Å². The molecule has 0 heterocycles. The van der Waals surface area contributed by atoms with E-state index in [9.17, 15) is 4.79 Å². The highest BCUT2D eigenvalue weighted by atomic mass is 16.1. The average Bonchev–Trinajstić information content (AvgIpc) is 2.63. The molecule has 2 aromatic rings. The molecule has 126 valence electrons. The Balaban J connectivity index is 1.89. The van der Waals surface area contributed by atoms with Crippen molar-refractivity contribution in [1.29, 1.82) is 0 Å². The summed E-state index contributed by atoms with van der Waals surface area (Å²) in [4.78, 5) is 16.1. The maximum atomic E-state index is 11.9. The van der Waals surface area contributed by atoms with Crippen LogP contribution in [0.3, 0.4) is 0 Å². The lowest BCUT2D eigenvalue weighted by molar-refractivity contribution is 0.0955. The molecule has 0 unspecified atom stereocenters. The second kappa shape index (κ2) is 9.35. The molecule has 5 heteroatoms. The van der Waals surface area contributed by atoms with Crippen molar-refractivity contribution >= 4 is 11.9 Å². The summed E-state index contributed by atoms with van der Waals surface area (Å²) in [6.45, 7) is 3.84. The van der Waals surface area contributed by atoms with Crippen LogP contribution in [0.25, 0.3) is 0 Å². The van der Waals surface area contributed by atoms with Crippen molar-refractivity contribution in [2.75, 3.05) is 13.6 Å². The van der Waals surface area contributed by atoms with Gasteiger partial charge in [-0.25, -0.2) is 0 Å². The SMILES string of the molecule is CCNC(=O)c1cccc(CNC(=NC)NCc2ccccc2)c1. The Morgan fingerprint density at radius 3 is 2.25 bits per heavy atom. The third-order valence-electron chi connectivity index (χ3n) is 3.51. The molecule has 0 aliphatic heterocycles. The number of guanidine groups is 1. The summed E-state index contributed by atoms with van der Waals surface area (Å²) in [5.74, 6) is 0.674. The first-order chi connectivity index (χ1) is 11.7. The van der Waals surface area contributed by atoms with E-state index in [2.05, 4.69) is 33.1 Å². The number of amides is 1. The molecule has 24 heavy (non-hydrogen) atoms. The topological polar surface area (TPSA) is 65.5 Å². The van der Waals surface area contributed by atoms with Crippen LogP contribution in [-0.4, -0.2) is 25.5 Å². The molecule has 0 bridgehead atoms. The Morgan fingerprint density at radius 1 is 0.917 bits per heavy atom. The van der Waals surface area contributed by atoms with Crippen molar-refractivity contribution in [3.63, 3.8) is 0 Å². The molecule has 0 atom stereocenters. The summed E-state index contributed by atoms with van der Waals surface area (Å²) in [5.41, 5.74) is 2.89. The molecule has 2 aromatic carbocycles. The molecule has 3 N–H and O–H groups in total. The first-order valence-corrected chi connectivity index (χ1v) is 8.08. The molecular weight excluding hydrogens is 300 g/mol. The highest BCUT2D eigenvalue weighted by Gasteiger charge is 2.05. The second-order valence-electron chi connectivity index (χ2n) is 5.32. The zero-order valence-corrected chi connectivity index (χ0v) is 14.2. The maximum absolute atomic E-state index is 11.9. The van der Waals surface area contributed by atoms with E-state index in [1.165, 1.54) is 5.56 Å². The van der Waals surface area contributed by atoms with E-state index in [4.69, 9.17) is 0 Å². The third kappa shape index (κ3) is 5.43. The summed E-state index contributed by atoms with van der Waals surface area (Å²) in [6.07, 6.45) is 0. The number of carbonyl (C=O) groups is 1. The Bertz CT molecular complexity index is 683. The van der Waals surface area contributed by atoms with Gasteiger partial charge in [0.05, 0.1) is 0 Å². The maximum Gasteiger partial charge on any atom is 0.251 e. The monoisotopic (exact) mass is 324 g/mol. The van der Waals surface area contributed by atoms with Gasteiger partial charge in [0.1, 0.15) is 0 Å². The van der Waals surface area contributed by atoms with Crippen LogP contribution >= 0.6 is 0 Å².